The van der Waals surface area contributed by atoms with Gasteiger partial charge in [0, 0.05) is 56.4 Å². The number of rotatable bonds is 6. The van der Waals surface area contributed by atoms with E-state index in [1.54, 1.807) is 29.2 Å². The molecular weight excluding hydrogens is 657 g/mol. The Morgan fingerprint density at radius 2 is 1.83 bits per heavy atom. The van der Waals surface area contributed by atoms with Gasteiger partial charge in [0.1, 0.15) is 6.54 Å². The largest absolute Gasteiger partial charge is 0.483 e. The van der Waals surface area contributed by atoms with E-state index in [0.717, 1.165) is 36.8 Å². The summed E-state index contributed by atoms with van der Waals surface area (Å²) >= 11 is 6.54. The fraction of sp³-hybridized carbons (Fsp3) is 0.367. The zero-order chi connectivity index (χ0) is 34.4. The van der Waals surface area contributed by atoms with Crippen LogP contribution in [0.25, 0.3) is 16.9 Å². The summed E-state index contributed by atoms with van der Waals surface area (Å²) in [5.41, 5.74) is -0.219. The quantitative estimate of drug-likeness (QED) is 0.255. The number of imidazole rings is 1. The van der Waals surface area contributed by atoms with Gasteiger partial charge in [0.25, 0.3) is 12.4 Å². The van der Waals surface area contributed by atoms with Gasteiger partial charge in [-0.05, 0) is 44.1 Å². The number of carboxylic acid groups (broad SMARTS) is 1. The van der Waals surface area contributed by atoms with E-state index < -0.39 is 11.9 Å². The molecule has 18 heteroatoms. The number of hydrogen-bond acceptors (Lipinski definition) is 9. The third-order valence-electron chi connectivity index (χ3n) is 8.00. The number of nitriles is 1. The molecule has 2 aliphatic heterocycles. The normalized spacial score (nSPS) is 15.4. The standard InChI is InChI=1S/C29H28ClF3N10O2.CH2O2/c30-22-15-19(1-2-20(22)28(45)41-13-11-40(12-14-41)27(44)18-3-6-35-7-4-18)38-25-26-37-16-23(43(26)10-8-36-25)21-17-42(9-5-34)39-24(21)29(31,32)33;2-1-3/h1-2,8,10,15-18,35H,3-4,6-7,9,11-14H2,(H,36,38);1H,(H,2,3). The maximum absolute atomic E-state index is 13.8. The average molecular weight is 687 g/mol. The van der Waals surface area contributed by atoms with E-state index in [0.29, 0.717) is 37.4 Å². The second-order valence-corrected chi connectivity index (χ2v) is 11.3. The van der Waals surface area contributed by atoms with E-state index in [2.05, 4.69) is 25.7 Å². The first-order valence-corrected chi connectivity index (χ1v) is 15.2. The molecule has 6 rings (SSSR count). The van der Waals surface area contributed by atoms with Crippen molar-refractivity contribution >= 4 is 47.0 Å². The Hall–Kier alpha value is -5.21. The molecule has 0 aliphatic carbocycles. The number of piperidine rings is 1. The van der Waals surface area contributed by atoms with Gasteiger partial charge < -0.3 is 25.5 Å². The van der Waals surface area contributed by atoms with Crippen LogP contribution in [-0.2, 0) is 22.3 Å². The molecule has 0 saturated carbocycles. The van der Waals surface area contributed by atoms with Crippen LogP contribution in [0.15, 0.2) is 43.0 Å². The first kappa shape index (κ1) is 34.1. The van der Waals surface area contributed by atoms with Crippen LogP contribution in [-0.4, -0.2) is 96.6 Å². The Morgan fingerprint density at radius 1 is 1.15 bits per heavy atom. The minimum atomic E-state index is -4.75. The van der Waals surface area contributed by atoms with Crippen LogP contribution in [0.2, 0.25) is 5.02 Å². The summed E-state index contributed by atoms with van der Waals surface area (Å²) in [5.74, 6) is 0.185. The van der Waals surface area contributed by atoms with Gasteiger partial charge in [-0.15, -0.1) is 0 Å². The second kappa shape index (κ2) is 14.7. The maximum Gasteiger partial charge on any atom is 0.435 e. The topological polar surface area (TPSA) is 174 Å². The maximum atomic E-state index is 13.8. The molecule has 2 fully saturated rings. The van der Waals surface area contributed by atoms with E-state index in [4.69, 9.17) is 26.8 Å². The molecule has 3 aromatic heterocycles. The van der Waals surface area contributed by atoms with Crippen LogP contribution < -0.4 is 10.6 Å². The van der Waals surface area contributed by atoms with Crippen molar-refractivity contribution in [1.82, 2.24) is 39.3 Å². The molecule has 4 aromatic rings. The van der Waals surface area contributed by atoms with Gasteiger partial charge >= 0.3 is 6.18 Å². The lowest BCUT2D eigenvalue weighted by molar-refractivity contribution is -0.141. The Morgan fingerprint density at radius 3 is 2.48 bits per heavy atom. The Kier molecular flexibility index (Phi) is 10.4. The monoisotopic (exact) mass is 686 g/mol. The summed E-state index contributed by atoms with van der Waals surface area (Å²) in [5, 5.41) is 25.9. The summed E-state index contributed by atoms with van der Waals surface area (Å²) in [4.78, 5) is 46.6. The molecular formula is C30H30ClF3N10O4. The number of amides is 2. The van der Waals surface area contributed by atoms with Gasteiger partial charge in [-0.2, -0.15) is 23.5 Å². The van der Waals surface area contributed by atoms with Crippen LogP contribution in [0.5, 0.6) is 0 Å². The highest BCUT2D eigenvalue weighted by Crippen LogP contribution is 2.37. The van der Waals surface area contributed by atoms with Gasteiger partial charge in [0.15, 0.2) is 17.2 Å². The first-order valence-electron chi connectivity index (χ1n) is 14.8. The number of piperazine rings is 1. The fourth-order valence-corrected chi connectivity index (χ4v) is 5.97. The van der Waals surface area contributed by atoms with E-state index in [9.17, 15) is 22.8 Å². The summed E-state index contributed by atoms with van der Waals surface area (Å²) in [6.07, 6.45) is 2.22. The van der Waals surface area contributed by atoms with Crippen molar-refractivity contribution in [2.24, 2.45) is 5.92 Å². The minimum absolute atomic E-state index is 0.0303. The summed E-state index contributed by atoms with van der Waals surface area (Å²) in [6.45, 7) is 2.84. The highest BCUT2D eigenvalue weighted by atomic mass is 35.5. The molecule has 2 amide bonds. The number of fused-ring (bicyclic) bond motifs is 1. The van der Waals surface area contributed by atoms with E-state index in [-0.39, 0.29) is 58.5 Å². The fourth-order valence-electron chi connectivity index (χ4n) is 5.71. The molecule has 0 radical (unpaired) electrons. The average Bonchev–Trinajstić information content (AvgIpc) is 3.70. The third-order valence-corrected chi connectivity index (χ3v) is 8.31. The zero-order valence-electron chi connectivity index (χ0n) is 25.3. The first-order chi connectivity index (χ1) is 23.0. The number of hydrogen-bond donors (Lipinski definition) is 3. The summed E-state index contributed by atoms with van der Waals surface area (Å²) in [6, 6.07) is 6.59. The van der Waals surface area contributed by atoms with Crippen LogP contribution in [0.4, 0.5) is 24.7 Å². The molecule has 0 spiro atoms. The molecule has 14 nitrogen and oxygen atoms in total. The molecule has 1 aromatic carbocycles. The van der Waals surface area contributed by atoms with E-state index in [1.807, 2.05) is 4.90 Å². The predicted octanol–water partition coefficient (Wildman–Crippen LogP) is 3.52. The number of nitrogens with zero attached hydrogens (tertiary/aromatic N) is 8. The van der Waals surface area contributed by atoms with Gasteiger partial charge in [-0.25, -0.2) is 9.97 Å². The highest BCUT2D eigenvalue weighted by Gasteiger charge is 2.38. The predicted molar refractivity (Wildman–Crippen MR) is 166 cm³/mol. The van der Waals surface area contributed by atoms with Crippen LogP contribution in [0.3, 0.4) is 0 Å². The van der Waals surface area contributed by atoms with Crippen molar-refractivity contribution in [3.8, 4) is 17.3 Å². The van der Waals surface area contributed by atoms with Crippen molar-refractivity contribution in [3.63, 3.8) is 0 Å². The SMILES string of the molecule is N#CCn1cc(-c2cnc3c(Nc4ccc(C(=O)N5CCN(C(=O)C6CCNCC6)CC5)c(Cl)c4)nccn23)c(C(F)(F)F)n1.O=CO. The number of carbonyl (C=O) groups is 3. The lowest BCUT2D eigenvalue weighted by Gasteiger charge is -2.37. The molecule has 2 saturated heterocycles. The number of benzene rings is 1. The van der Waals surface area contributed by atoms with Crippen molar-refractivity contribution in [2.75, 3.05) is 44.6 Å². The molecule has 48 heavy (non-hydrogen) atoms. The third kappa shape index (κ3) is 7.34. The lowest BCUT2D eigenvalue weighted by atomic mass is 9.96. The lowest BCUT2D eigenvalue weighted by Crippen LogP contribution is -2.52. The van der Waals surface area contributed by atoms with Crippen LogP contribution in [0, 0.1) is 17.2 Å². The van der Waals surface area contributed by atoms with E-state index >= 15 is 0 Å². The molecule has 0 bridgehead atoms. The number of nitrogens with one attached hydrogen (secondary N) is 2. The smallest absolute Gasteiger partial charge is 0.435 e. The van der Waals surface area contributed by atoms with Crippen molar-refractivity contribution < 1.29 is 32.7 Å². The molecule has 0 atom stereocenters. The van der Waals surface area contributed by atoms with Crippen molar-refractivity contribution in [2.45, 2.75) is 25.6 Å². The highest BCUT2D eigenvalue weighted by molar-refractivity contribution is 6.34. The molecule has 252 valence electrons. The molecule has 3 N–H and O–H groups in total. The van der Waals surface area contributed by atoms with Crippen LogP contribution >= 0.6 is 11.6 Å². The minimum Gasteiger partial charge on any atom is -0.483 e. The zero-order valence-corrected chi connectivity index (χ0v) is 26.1. The number of carbonyl (C=O) groups excluding carboxylic acids is 2. The molecule has 0 unspecified atom stereocenters. The number of alkyl halides is 3. The van der Waals surface area contributed by atoms with Gasteiger partial charge in [0.2, 0.25) is 5.91 Å². The number of anilines is 2. The summed E-state index contributed by atoms with van der Waals surface area (Å²) < 4.78 is 43.6. The number of halogens is 4. The van der Waals surface area contributed by atoms with Gasteiger partial charge in [-0.1, -0.05) is 11.6 Å². The van der Waals surface area contributed by atoms with Crippen LogP contribution in [0.1, 0.15) is 28.9 Å². The second-order valence-electron chi connectivity index (χ2n) is 10.9. The number of aromatic nitrogens is 5. The van der Waals surface area contributed by atoms with Crippen molar-refractivity contribution in [1.29, 1.82) is 5.26 Å². The van der Waals surface area contributed by atoms with Crippen molar-refractivity contribution in [3.05, 3.63) is 59.3 Å². The molecule has 2 aliphatic rings. The Balaban J connectivity index is 0.00000145. The van der Waals surface area contributed by atoms with Gasteiger partial charge in [-0.3, -0.25) is 23.5 Å². The Labute approximate surface area is 276 Å². The molecule has 5 heterocycles. The Bertz CT molecular complexity index is 1840. The summed E-state index contributed by atoms with van der Waals surface area (Å²) in [7, 11) is 0. The van der Waals surface area contributed by atoms with E-state index in [1.165, 1.54) is 23.0 Å². The van der Waals surface area contributed by atoms with Gasteiger partial charge in [0.05, 0.1) is 34.1 Å².